The second-order valence-corrected chi connectivity index (χ2v) is 7.64. The molecule has 0 spiro atoms. The van der Waals surface area contributed by atoms with Gasteiger partial charge in [-0.1, -0.05) is 32.1 Å². The van der Waals surface area contributed by atoms with Crippen LogP contribution in [0.2, 0.25) is 0 Å². The van der Waals surface area contributed by atoms with Gasteiger partial charge in [0.15, 0.2) is 12.9 Å². The highest BCUT2D eigenvalue weighted by molar-refractivity contribution is 5.91. The molecule has 1 heterocycles. The van der Waals surface area contributed by atoms with Gasteiger partial charge >= 0.3 is 6.09 Å². The Morgan fingerprint density at radius 2 is 1.83 bits per heavy atom. The number of aromatic amines is 1. The first-order valence-electron chi connectivity index (χ1n) is 11.1. The van der Waals surface area contributed by atoms with Gasteiger partial charge in [-0.05, 0) is 13.8 Å². The molecule has 194 valence electrons. The quantitative estimate of drug-likeness (QED) is 0.315. The number of nitrogens with one attached hydrogen (secondary N) is 2. The van der Waals surface area contributed by atoms with Gasteiger partial charge in [-0.3, -0.25) is 19.5 Å². The minimum Gasteiger partial charge on any atom is -0.507 e. The number of carbonyl (C=O) groups excluding carboxylic acids is 2. The van der Waals surface area contributed by atoms with Crippen molar-refractivity contribution in [3.05, 3.63) is 30.0 Å². The number of anilines is 1. The van der Waals surface area contributed by atoms with Crippen molar-refractivity contribution < 1.29 is 38.9 Å². The largest absolute Gasteiger partial charge is 0.507 e. The molecule has 1 aliphatic rings. The number of ether oxygens (including phenoxy) is 2. The zero-order chi connectivity index (χ0) is 26.2. The maximum absolute atomic E-state index is 11.7. The molecule has 0 radical (unpaired) electrons. The van der Waals surface area contributed by atoms with Gasteiger partial charge in [-0.15, -0.1) is 0 Å². The smallest absolute Gasteiger partial charge is 0.431 e. The molecule has 2 amide bonds. The molecule has 4 N–H and O–H groups in total. The predicted molar refractivity (Wildman–Crippen MR) is 128 cm³/mol. The van der Waals surface area contributed by atoms with Gasteiger partial charge in [0.2, 0.25) is 0 Å². The number of amides is 2. The van der Waals surface area contributed by atoms with Crippen LogP contribution in [0.15, 0.2) is 24.4 Å². The number of hydroxylamine groups is 2. The van der Waals surface area contributed by atoms with E-state index in [1.165, 1.54) is 64.7 Å². The number of aromatic hydroxyl groups is 1. The molecule has 0 aliphatic heterocycles. The number of rotatable bonds is 8. The van der Waals surface area contributed by atoms with Gasteiger partial charge < -0.3 is 25.0 Å². The number of aldehydes is 1. The number of aromatic nitrogens is 2. The summed E-state index contributed by atoms with van der Waals surface area (Å²) in [5.41, 5.74) is -0.0508. The third kappa shape index (κ3) is 10.8. The first-order chi connectivity index (χ1) is 16.7. The van der Waals surface area contributed by atoms with E-state index in [2.05, 4.69) is 20.4 Å². The summed E-state index contributed by atoms with van der Waals surface area (Å²) in [6.45, 7) is 3.13. The van der Waals surface area contributed by atoms with E-state index >= 15 is 0 Å². The molecule has 0 saturated heterocycles. The van der Waals surface area contributed by atoms with E-state index in [-0.39, 0.29) is 29.7 Å². The fraction of sp³-hybridized carbons (Fsp3) is 0.478. The van der Waals surface area contributed by atoms with Crippen LogP contribution in [0.3, 0.4) is 0 Å². The highest BCUT2D eigenvalue weighted by atomic mass is 16.7. The van der Waals surface area contributed by atoms with Crippen LogP contribution in [0, 0.1) is 0 Å². The van der Waals surface area contributed by atoms with Gasteiger partial charge in [0.05, 0.1) is 32.0 Å². The minimum absolute atomic E-state index is 0.0508. The van der Waals surface area contributed by atoms with E-state index in [1.807, 2.05) is 0 Å². The molecule has 35 heavy (non-hydrogen) atoms. The normalized spacial score (nSPS) is 11.9. The summed E-state index contributed by atoms with van der Waals surface area (Å²) < 4.78 is 10.2. The van der Waals surface area contributed by atoms with Crippen LogP contribution in [-0.2, 0) is 9.63 Å². The fourth-order valence-electron chi connectivity index (χ4n) is 2.99. The molecule has 1 aliphatic carbocycles. The molecular formula is C23H34N4O8. The number of H-pyrrole nitrogens is 1. The van der Waals surface area contributed by atoms with E-state index in [0.717, 1.165) is 5.06 Å². The summed E-state index contributed by atoms with van der Waals surface area (Å²) in [6.07, 6.45) is 8.37. The van der Waals surface area contributed by atoms with Crippen LogP contribution < -0.4 is 14.8 Å². The standard InChI is InChI=1S/C13H13N3O5.C5H11NO3.C5H10/c1-20-8-4-10(18)9(6-17)11(5-8)21-7-13(19)15-12-2-3-14-16-12;1-4(2)6(9-3)5(7)8;1-2-4-5-3-1/h2-6,18H,7H2,1H3,(H2,14,15,16,19);4H,1-3H3,(H,7,8);1-5H2. The zero-order valence-electron chi connectivity index (χ0n) is 20.4. The molecule has 3 rings (SSSR count). The van der Waals surface area contributed by atoms with Crippen molar-refractivity contribution in [2.45, 2.75) is 52.0 Å². The molecular weight excluding hydrogens is 460 g/mol. The molecule has 0 bridgehead atoms. The molecule has 1 fully saturated rings. The van der Waals surface area contributed by atoms with Crippen molar-refractivity contribution in [2.24, 2.45) is 0 Å². The summed E-state index contributed by atoms with van der Waals surface area (Å²) in [6, 6.07) is 4.13. The third-order valence-corrected chi connectivity index (χ3v) is 4.69. The maximum atomic E-state index is 11.7. The Morgan fingerprint density at radius 3 is 2.23 bits per heavy atom. The molecule has 0 unspecified atom stereocenters. The second kappa shape index (κ2) is 15.9. The molecule has 12 heteroatoms. The Labute approximate surface area is 204 Å². The number of benzene rings is 1. The Morgan fingerprint density at radius 1 is 1.20 bits per heavy atom. The van der Waals surface area contributed by atoms with Gasteiger partial charge in [0.25, 0.3) is 5.91 Å². The number of hydrogen-bond acceptors (Lipinski definition) is 8. The predicted octanol–water partition coefficient (Wildman–Crippen LogP) is 3.84. The Kier molecular flexibility index (Phi) is 13.3. The lowest BCUT2D eigenvalue weighted by Gasteiger charge is -2.19. The Bertz CT molecular complexity index is 907. The van der Waals surface area contributed by atoms with Gasteiger partial charge in [-0.25, -0.2) is 4.79 Å². The summed E-state index contributed by atoms with van der Waals surface area (Å²) >= 11 is 0. The lowest BCUT2D eigenvalue weighted by Crippen LogP contribution is -2.34. The van der Waals surface area contributed by atoms with E-state index in [1.54, 1.807) is 19.9 Å². The molecule has 2 aromatic rings. The number of carboxylic acid groups (broad SMARTS) is 1. The van der Waals surface area contributed by atoms with Crippen molar-refractivity contribution in [2.75, 3.05) is 26.1 Å². The molecule has 12 nitrogen and oxygen atoms in total. The molecule has 1 aromatic heterocycles. The summed E-state index contributed by atoms with van der Waals surface area (Å²) in [5.74, 6) is 0.0584. The lowest BCUT2D eigenvalue weighted by atomic mass is 10.2. The van der Waals surface area contributed by atoms with E-state index in [9.17, 15) is 19.5 Å². The number of nitrogens with zero attached hydrogens (tertiary/aromatic N) is 2. The first kappa shape index (κ1) is 29.2. The highest BCUT2D eigenvalue weighted by Crippen LogP contribution is 2.32. The van der Waals surface area contributed by atoms with Gasteiger partial charge in [0.1, 0.15) is 23.1 Å². The number of carbonyl (C=O) groups is 3. The summed E-state index contributed by atoms with van der Waals surface area (Å²) in [4.78, 5) is 37.3. The highest BCUT2D eigenvalue weighted by Gasteiger charge is 2.14. The monoisotopic (exact) mass is 494 g/mol. The second-order valence-electron chi connectivity index (χ2n) is 7.64. The first-order valence-corrected chi connectivity index (χ1v) is 11.1. The van der Waals surface area contributed by atoms with Crippen molar-refractivity contribution in [1.82, 2.24) is 15.3 Å². The number of phenolic OH excluding ortho intramolecular Hbond substituents is 1. The van der Waals surface area contributed by atoms with E-state index in [0.29, 0.717) is 17.9 Å². The van der Waals surface area contributed by atoms with Crippen molar-refractivity contribution in [1.29, 1.82) is 0 Å². The van der Waals surface area contributed by atoms with Crippen LogP contribution in [-0.4, -0.2) is 70.6 Å². The number of methoxy groups -OCH3 is 1. The van der Waals surface area contributed by atoms with Crippen LogP contribution in [0.4, 0.5) is 10.6 Å². The number of hydrogen-bond donors (Lipinski definition) is 4. The Balaban J connectivity index is 0.000000358. The zero-order valence-corrected chi connectivity index (χ0v) is 20.4. The number of phenols is 1. The minimum atomic E-state index is -1.06. The SMILES string of the molecule is C1CCCC1.CON(C(=O)O)C(C)C.COc1cc(O)c(C=O)c(OCC(=O)Nc2ccn[nH]2)c1. The lowest BCUT2D eigenvalue weighted by molar-refractivity contribution is -0.123. The van der Waals surface area contributed by atoms with Crippen molar-refractivity contribution >= 4 is 24.1 Å². The van der Waals surface area contributed by atoms with Crippen LogP contribution in [0.25, 0.3) is 0 Å². The molecule has 1 saturated carbocycles. The summed E-state index contributed by atoms with van der Waals surface area (Å²) in [5, 5.41) is 27.6. The van der Waals surface area contributed by atoms with E-state index < -0.39 is 12.0 Å². The van der Waals surface area contributed by atoms with Crippen molar-refractivity contribution in [3.8, 4) is 17.2 Å². The van der Waals surface area contributed by atoms with Crippen LogP contribution in [0.1, 0.15) is 56.3 Å². The summed E-state index contributed by atoms with van der Waals surface area (Å²) in [7, 11) is 2.73. The maximum Gasteiger partial charge on any atom is 0.431 e. The van der Waals surface area contributed by atoms with Crippen molar-refractivity contribution in [3.63, 3.8) is 0 Å². The van der Waals surface area contributed by atoms with Gasteiger partial charge in [-0.2, -0.15) is 10.2 Å². The third-order valence-electron chi connectivity index (χ3n) is 4.69. The molecule has 0 atom stereocenters. The average molecular weight is 495 g/mol. The van der Waals surface area contributed by atoms with Crippen LogP contribution in [0.5, 0.6) is 17.2 Å². The van der Waals surface area contributed by atoms with Gasteiger partial charge in [0, 0.05) is 18.2 Å². The topological polar surface area (TPSA) is 163 Å². The fourth-order valence-corrected chi connectivity index (χ4v) is 2.99. The van der Waals surface area contributed by atoms with E-state index in [4.69, 9.17) is 14.6 Å². The average Bonchev–Trinajstić information content (AvgIpc) is 3.55. The van der Waals surface area contributed by atoms with Crippen LogP contribution >= 0.6 is 0 Å². The molecule has 1 aromatic carbocycles. The Hall–Kier alpha value is -3.80.